The van der Waals surface area contributed by atoms with Gasteiger partial charge in [-0.2, -0.15) is 0 Å². The minimum absolute atomic E-state index is 0.250. The second kappa shape index (κ2) is 4.61. The molecule has 0 amide bonds. The van der Waals surface area contributed by atoms with E-state index in [2.05, 4.69) is 22.2 Å². The lowest BCUT2D eigenvalue weighted by Gasteiger charge is -2.12. The lowest BCUT2D eigenvalue weighted by Crippen LogP contribution is -2.06. The number of anilines is 1. The van der Waals surface area contributed by atoms with Crippen LogP contribution in [0.2, 0.25) is 0 Å². The van der Waals surface area contributed by atoms with Crippen LogP contribution in [0.25, 0.3) is 0 Å². The number of aromatic nitrogens is 2. The summed E-state index contributed by atoms with van der Waals surface area (Å²) in [5.41, 5.74) is 1.03. The zero-order valence-corrected chi connectivity index (χ0v) is 10.5. The molecule has 0 aliphatic carbocycles. The van der Waals surface area contributed by atoms with Crippen molar-refractivity contribution in [3.63, 3.8) is 0 Å². The van der Waals surface area contributed by atoms with Gasteiger partial charge in [0.2, 0.25) is 0 Å². The first kappa shape index (κ1) is 11.1. The highest BCUT2D eigenvalue weighted by molar-refractivity contribution is 7.11. The van der Waals surface area contributed by atoms with E-state index in [4.69, 9.17) is 0 Å². The Kier molecular flexibility index (Phi) is 3.19. The molecule has 2 rings (SSSR count). The third kappa shape index (κ3) is 2.58. The van der Waals surface area contributed by atoms with Gasteiger partial charge in [-0.25, -0.2) is 9.97 Å². The lowest BCUT2D eigenvalue weighted by molar-refractivity contribution is 0.889. The smallest absolute Gasteiger partial charge is 0.126 e. The van der Waals surface area contributed by atoms with Crippen molar-refractivity contribution in [2.24, 2.45) is 0 Å². The van der Waals surface area contributed by atoms with Crippen LogP contribution < -0.4 is 5.32 Å². The maximum Gasteiger partial charge on any atom is 0.126 e. The van der Waals surface area contributed by atoms with Crippen LogP contribution in [0, 0.1) is 13.8 Å². The van der Waals surface area contributed by atoms with Crippen LogP contribution in [0.1, 0.15) is 28.5 Å². The third-order valence-electron chi connectivity index (χ3n) is 2.32. The standard InChI is InChI=1S/C12H15N3S/c1-8-5-4-6-12(14-8)15-9(2)11-7-13-10(3)16-11/h4-7,9H,1-3H3,(H,14,15). The summed E-state index contributed by atoms with van der Waals surface area (Å²) in [6, 6.07) is 6.24. The number of aryl methyl sites for hydroxylation is 2. The van der Waals surface area contributed by atoms with E-state index in [1.807, 2.05) is 38.2 Å². The predicted molar refractivity (Wildman–Crippen MR) is 67.9 cm³/mol. The third-order valence-corrected chi connectivity index (χ3v) is 3.41. The Labute approximate surface area is 99.6 Å². The number of nitrogens with one attached hydrogen (secondary N) is 1. The molecule has 0 bridgehead atoms. The molecule has 1 unspecified atom stereocenters. The molecule has 84 valence electrons. The van der Waals surface area contributed by atoms with E-state index in [1.54, 1.807) is 11.3 Å². The van der Waals surface area contributed by atoms with Crippen molar-refractivity contribution in [3.8, 4) is 0 Å². The van der Waals surface area contributed by atoms with E-state index in [0.29, 0.717) is 0 Å². The summed E-state index contributed by atoms with van der Waals surface area (Å²) in [5.74, 6) is 0.915. The van der Waals surface area contributed by atoms with Gasteiger partial charge >= 0.3 is 0 Å². The molecule has 0 aliphatic heterocycles. The topological polar surface area (TPSA) is 37.8 Å². The Balaban J connectivity index is 2.10. The van der Waals surface area contributed by atoms with E-state index >= 15 is 0 Å². The van der Waals surface area contributed by atoms with E-state index in [1.165, 1.54) is 4.88 Å². The van der Waals surface area contributed by atoms with Crippen LogP contribution >= 0.6 is 11.3 Å². The van der Waals surface area contributed by atoms with Crippen molar-refractivity contribution in [1.29, 1.82) is 0 Å². The van der Waals surface area contributed by atoms with Gasteiger partial charge in [0.05, 0.1) is 11.0 Å². The molecule has 2 heterocycles. The second-order valence-electron chi connectivity index (χ2n) is 3.81. The van der Waals surface area contributed by atoms with Crippen LogP contribution in [0.4, 0.5) is 5.82 Å². The van der Waals surface area contributed by atoms with Crippen molar-refractivity contribution in [2.45, 2.75) is 26.8 Å². The summed E-state index contributed by atoms with van der Waals surface area (Å²) in [6.07, 6.45) is 1.92. The monoisotopic (exact) mass is 233 g/mol. The summed E-state index contributed by atoms with van der Waals surface area (Å²) in [6.45, 7) is 6.13. The molecule has 0 aromatic carbocycles. The molecular formula is C12H15N3S. The number of rotatable bonds is 3. The molecule has 0 saturated heterocycles. The first-order chi connectivity index (χ1) is 7.65. The fraction of sp³-hybridized carbons (Fsp3) is 0.333. The molecule has 4 heteroatoms. The van der Waals surface area contributed by atoms with Crippen LogP contribution in [-0.2, 0) is 0 Å². The van der Waals surface area contributed by atoms with Crippen molar-refractivity contribution < 1.29 is 0 Å². The normalized spacial score (nSPS) is 12.4. The molecule has 1 N–H and O–H groups in total. The average Bonchev–Trinajstić information content (AvgIpc) is 2.65. The largest absolute Gasteiger partial charge is 0.363 e. The molecular weight excluding hydrogens is 218 g/mol. The Morgan fingerprint density at radius 1 is 1.31 bits per heavy atom. The van der Waals surface area contributed by atoms with E-state index in [0.717, 1.165) is 16.5 Å². The maximum atomic E-state index is 4.42. The maximum absolute atomic E-state index is 4.42. The Hall–Kier alpha value is -1.42. The van der Waals surface area contributed by atoms with E-state index < -0.39 is 0 Å². The predicted octanol–water partition coefficient (Wildman–Crippen LogP) is 3.33. The number of nitrogens with zero attached hydrogens (tertiary/aromatic N) is 2. The molecule has 0 saturated carbocycles. The first-order valence-electron chi connectivity index (χ1n) is 5.27. The Bertz CT molecular complexity index is 479. The highest BCUT2D eigenvalue weighted by atomic mass is 32.1. The molecule has 3 nitrogen and oxygen atoms in total. The van der Waals surface area contributed by atoms with E-state index in [9.17, 15) is 0 Å². The fourth-order valence-corrected chi connectivity index (χ4v) is 2.28. The van der Waals surface area contributed by atoms with Crippen molar-refractivity contribution in [3.05, 3.63) is 40.0 Å². The van der Waals surface area contributed by atoms with Crippen molar-refractivity contribution in [1.82, 2.24) is 9.97 Å². The molecule has 0 fully saturated rings. The fourth-order valence-electron chi connectivity index (χ4n) is 1.49. The molecule has 2 aromatic rings. The summed E-state index contributed by atoms with van der Waals surface area (Å²) in [7, 11) is 0. The SMILES string of the molecule is Cc1cccc(NC(C)c2cnc(C)s2)n1. The number of pyridine rings is 1. The van der Waals surface area contributed by atoms with Crippen molar-refractivity contribution >= 4 is 17.2 Å². The summed E-state index contributed by atoms with van der Waals surface area (Å²) < 4.78 is 0. The minimum atomic E-state index is 0.250. The summed E-state index contributed by atoms with van der Waals surface area (Å²) >= 11 is 1.72. The Morgan fingerprint density at radius 3 is 2.75 bits per heavy atom. The molecule has 0 radical (unpaired) electrons. The van der Waals surface area contributed by atoms with Gasteiger partial charge in [-0.05, 0) is 32.9 Å². The quantitative estimate of drug-likeness (QED) is 0.883. The summed E-state index contributed by atoms with van der Waals surface area (Å²) in [5, 5.41) is 4.47. The number of hydrogen-bond donors (Lipinski definition) is 1. The minimum Gasteiger partial charge on any atom is -0.363 e. The zero-order valence-electron chi connectivity index (χ0n) is 9.69. The molecule has 1 atom stereocenters. The highest BCUT2D eigenvalue weighted by Crippen LogP contribution is 2.23. The summed E-state index contributed by atoms with van der Waals surface area (Å²) in [4.78, 5) is 9.91. The number of thiazole rings is 1. The van der Waals surface area contributed by atoms with Gasteiger partial charge in [-0.15, -0.1) is 11.3 Å². The molecule has 16 heavy (non-hydrogen) atoms. The van der Waals surface area contributed by atoms with Gasteiger partial charge in [-0.3, -0.25) is 0 Å². The average molecular weight is 233 g/mol. The van der Waals surface area contributed by atoms with Gasteiger partial charge in [0.25, 0.3) is 0 Å². The molecule has 2 aromatic heterocycles. The van der Waals surface area contributed by atoms with Gasteiger partial charge < -0.3 is 5.32 Å². The van der Waals surface area contributed by atoms with Crippen LogP contribution in [-0.4, -0.2) is 9.97 Å². The van der Waals surface area contributed by atoms with Gasteiger partial charge in [-0.1, -0.05) is 6.07 Å². The zero-order chi connectivity index (χ0) is 11.5. The van der Waals surface area contributed by atoms with Gasteiger partial charge in [0.15, 0.2) is 0 Å². The molecule has 0 spiro atoms. The number of hydrogen-bond acceptors (Lipinski definition) is 4. The lowest BCUT2D eigenvalue weighted by atomic mass is 10.3. The van der Waals surface area contributed by atoms with Crippen LogP contribution in [0.15, 0.2) is 24.4 Å². The van der Waals surface area contributed by atoms with Crippen molar-refractivity contribution in [2.75, 3.05) is 5.32 Å². The van der Waals surface area contributed by atoms with Crippen LogP contribution in [0.5, 0.6) is 0 Å². The second-order valence-corrected chi connectivity index (χ2v) is 5.08. The van der Waals surface area contributed by atoms with Crippen LogP contribution in [0.3, 0.4) is 0 Å². The highest BCUT2D eigenvalue weighted by Gasteiger charge is 2.08. The van der Waals surface area contributed by atoms with Gasteiger partial charge in [0.1, 0.15) is 5.82 Å². The Morgan fingerprint density at radius 2 is 2.12 bits per heavy atom. The molecule has 0 aliphatic rings. The van der Waals surface area contributed by atoms with Gasteiger partial charge in [0, 0.05) is 16.8 Å². The first-order valence-corrected chi connectivity index (χ1v) is 6.09. The van der Waals surface area contributed by atoms with E-state index in [-0.39, 0.29) is 6.04 Å².